The molecule has 1 aliphatic rings. The van der Waals surface area contributed by atoms with Gasteiger partial charge in [-0.15, -0.1) is 0 Å². The van der Waals surface area contributed by atoms with E-state index in [1.165, 1.54) is 31.5 Å². The summed E-state index contributed by atoms with van der Waals surface area (Å²) in [7, 11) is 2.19. The number of nitrogens with zero attached hydrogens (tertiary/aromatic N) is 1. The Labute approximate surface area is 129 Å². The first-order valence-corrected chi connectivity index (χ1v) is 8.10. The van der Waals surface area contributed by atoms with Gasteiger partial charge in [0.1, 0.15) is 0 Å². The molecule has 1 aromatic rings. The molecule has 2 rings (SSSR count). The summed E-state index contributed by atoms with van der Waals surface area (Å²) in [4.78, 5) is 2.39. The summed E-state index contributed by atoms with van der Waals surface area (Å²) in [5.74, 6) is 0.336. The van der Waals surface area contributed by atoms with E-state index in [0.717, 1.165) is 6.54 Å². The van der Waals surface area contributed by atoms with Crippen molar-refractivity contribution in [2.45, 2.75) is 38.6 Å². The lowest BCUT2D eigenvalue weighted by atomic mass is 9.75. The van der Waals surface area contributed by atoms with E-state index >= 15 is 0 Å². The van der Waals surface area contributed by atoms with Crippen molar-refractivity contribution in [3.63, 3.8) is 0 Å². The third-order valence-electron chi connectivity index (χ3n) is 4.88. The molecule has 1 saturated heterocycles. The molecule has 3 nitrogen and oxygen atoms in total. The summed E-state index contributed by atoms with van der Waals surface area (Å²) in [6.45, 7) is 7.81. The minimum atomic E-state index is -0.111. The molecule has 3 heteroatoms. The van der Waals surface area contributed by atoms with E-state index in [0.29, 0.717) is 12.0 Å². The Morgan fingerprint density at radius 1 is 1.24 bits per heavy atom. The Morgan fingerprint density at radius 2 is 1.86 bits per heavy atom. The highest BCUT2D eigenvalue weighted by Crippen LogP contribution is 2.34. The summed E-state index contributed by atoms with van der Waals surface area (Å²) < 4.78 is 0. The van der Waals surface area contributed by atoms with Crippen molar-refractivity contribution in [1.29, 1.82) is 0 Å². The molecule has 1 aromatic carbocycles. The van der Waals surface area contributed by atoms with E-state index in [1.807, 2.05) is 0 Å². The predicted octanol–water partition coefficient (Wildman–Crippen LogP) is 2.47. The van der Waals surface area contributed by atoms with Crippen LogP contribution in [-0.2, 0) is 0 Å². The van der Waals surface area contributed by atoms with E-state index in [9.17, 15) is 5.11 Å². The summed E-state index contributed by atoms with van der Waals surface area (Å²) in [5, 5.41) is 13.5. The predicted molar refractivity (Wildman–Crippen MR) is 88.6 cm³/mol. The molecule has 1 aliphatic heterocycles. The van der Waals surface area contributed by atoms with Crippen molar-refractivity contribution < 1.29 is 5.11 Å². The van der Waals surface area contributed by atoms with Gasteiger partial charge in [-0.3, -0.25) is 0 Å². The van der Waals surface area contributed by atoms with Gasteiger partial charge in [0, 0.05) is 25.1 Å². The molecule has 0 aliphatic carbocycles. The van der Waals surface area contributed by atoms with Gasteiger partial charge < -0.3 is 15.3 Å². The second-order valence-electron chi connectivity index (χ2n) is 7.10. The number of nitrogens with one attached hydrogen (secondary N) is 1. The van der Waals surface area contributed by atoms with E-state index < -0.39 is 0 Å². The van der Waals surface area contributed by atoms with Crippen LogP contribution in [0.5, 0.6) is 0 Å². The van der Waals surface area contributed by atoms with Gasteiger partial charge in [-0.25, -0.2) is 0 Å². The standard InChI is InChI=1S/C18H30N2O/c1-18(2,14-21)17(15-7-5-4-6-8-15)13-19-16-9-11-20(3)12-10-16/h4-8,16-17,19,21H,9-14H2,1-3H3. The number of rotatable bonds is 6. The molecule has 0 radical (unpaired) electrons. The second kappa shape index (κ2) is 7.39. The first-order chi connectivity index (χ1) is 10.0. The minimum Gasteiger partial charge on any atom is -0.396 e. The Bertz CT molecular complexity index is 410. The molecule has 1 unspecified atom stereocenters. The first kappa shape index (κ1) is 16.5. The highest BCUT2D eigenvalue weighted by molar-refractivity contribution is 5.22. The summed E-state index contributed by atoms with van der Waals surface area (Å²) in [6.07, 6.45) is 2.44. The monoisotopic (exact) mass is 290 g/mol. The lowest BCUT2D eigenvalue weighted by Crippen LogP contribution is -2.44. The van der Waals surface area contributed by atoms with Crippen LogP contribution in [0, 0.1) is 5.41 Å². The fourth-order valence-electron chi connectivity index (χ4n) is 3.14. The van der Waals surface area contributed by atoms with Crippen LogP contribution in [0.3, 0.4) is 0 Å². The largest absolute Gasteiger partial charge is 0.396 e. The first-order valence-electron chi connectivity index (χ1n) is 8.10. The highest BCUT2D eigenvalue weighted by atomic mass is 16.3. The Morgan fingerprint density at radius 3 is 2.43 bits per heavy atom. The number of hydrogen-bond acceptors (Lipinski definition) is 3. The third-order valence-corrected chi connectivity index (χ3v) is 4.88. The lowest BCUT2D eigenvalue weighted by molar-refractivity contribution is 0.125. The van der Waals surface area contributed by atoms with Crippen molar-refractivity contribution in [1.82, 2.24) is 10.2 Å². The fourth-order valence-corrected chi connectivity index (χ4v) is 3.14. The number of hydrogen-bond donors (Lipinski definition) is 2. The molecule has 0 spiro atoms. The molecule has 1 atom stereocenters. The second-order valence-corrected chi connectivity index (χ2v) is 7.10. The quantitative estimate of drug-likeness (QED) is 0.845. The van der Waals surface area contributed by atoms with Gasteiger partial charge in [0.15, 0.2) is 0 Å². The van der Waals surface area contributed by atoms with Gasteiger partial charge in [0.2, 0.25) is 0 Å². The zero-order valence-corrected chi connectivity index (χ0v) is 13.7. The molecule has 21 heavy (non-hydrogen) atoms. The molecule has 2 N–H and O–H groups in total. The van der Waals surface area contributed by atoms with Gasteiger partial charge in [0.05, 0.1) is 0 Å². The molecule has 118 valence electrons. The Kier molecular flexibility index (Phi) is 5.80. The van der Waals surface area contributed by atoms with E-state index in [1.54, 1.807) is 0 Å². The summed E-state index contributed by atoms with van der Waals surface area (Å²) in [5.41, 5.74) is 1.21. The zero-order valence-electron chi connectivity index (χ0n) is 13.7. The molecular formula is C18H30N2O. The van der Waals surface area contributed by atoms with Gasteiger partial charge in [-0.1, -0.05) is 44.2 Å². The SMILES string of the molecule is CN1CCC(NCC(c2ccccc2)C(C)(C)CO)CC1. The number of aliphatic hydroxyl groups is 1. The van der Waals surface area contributed by atoms with Crippen molar-refractivity contribution in [3.8, 4) is 0 Å². The average molecular weight is 290 g/mol. The smallest absolute Gasteiger partial charge is 0.0488 e. The Hall–Kier alpha value is -0.900. The maximum absolute atomic E-state index is 9.76. The normalized spacial score (nSPS) is 19.6. The van der Waals surface area contributed by atoms with Gasteiger partial charge >= 0.3 is 0 Å². The van der Waals surface area contributed by atoms with Crippen LogP contribution in [0.25, 0.3) is 0 Å². The van der Waals surface area contributed by atoms with Crippen LogP contribution in [0.4, 0.5) is 0 Å². The van der Waals surface area contributed by atoms with Crippen LogP contribution in [-0.4, -0.2) is 49.3 Å². The van der Waals surface area contributed by atoms with Crippen LogP contribution in [0.1, 0.15) is 38.2 Å². The third kappa shape index (κ3) is 4.53. The number of aliphatic hydroxyl groups excluding tert-OH is 1. The minimum absolute atomic E-state index is 0.111. The van der Waals surface area contributed by atoms with Crippen LogP contribution in [0.2, 0.25) is 0 Å². The molecule has 0 bridgehead atoms. The maximum atomic E-state index is 9.76. The highest BCUT2D eigenvalue weighted by Gasteiger charge is 2.30. The molecule has 1 fully saturated rings. The van der Waals surface area contributed by atoms with Gasteiger partial charge in [0.25, 0.3) is 0 Å². The number of likely N-dealkylation sites (tertiary alicyclic amines) is 1. The van der Waals surface area contributed by atoms with Crippen molar-refractivity contribution >= 4 is 0 Å². The van der Waals surface area contributed by atoms with Gasteiger partial charge in [-0.05, 0) is 44.0 Å². The van der Waals surface area contributed by atoms with E-state index in [-0.39, 0.29) is 12.0 Å². The summed E-state index contributed by atoms with van der Waals surface area (Å²) in [6, 6.07) is 11.2. The molecular weight excluding hydrogens is 260 g/mol. The van der Waals surface area contributed by atoms with Crippen molar-refractivity contribution in [3.05, 3.63) is 35.9 Å². The van der Waals surface area contributed by atoms with Crippen molar-refractivity contribution in [2.75, 3.05) is 33.3 Å². The molecule has 0 aromatic heterocycles. The maximum Gasteiger partial charge on any atom is 0.0488 e. The van der Waals surface area contributed by atoms with Gasteiger partial charge in [-0.2, -0.15) is 0 Å². The molecule has 0 saturated carbocycles. The number of piperidine rings is 1. The van der Waals surface area contributed by atoms with Crippen LogP contribution in [0.15, 0.2) is 30.3 Å². The van der Waals surface area contributed by atoms with E-state index in [4.69, 9.17) is 0 Å². The number of benzene rings is 1. The topological polar surface area (TPSA) is 35.5 Å². The van der Waals surface area contributed by atoms with Crippen LogP contribution < -0.4 is 5.32 Å². The van der Waals surface area contributed by atoms with Crippen molar-refractivity contribution in [2.24, 2.45) is 5.41 Å². The average Bonchev–Trinajstić information content (AvgIpc) is 2.50. The fraction of sp³-hybridized carbons (Fsp3) is 0.667. The summed E-state index contributed by atoms with van der Waals surface area (Å²) >= 11 is 0. The van der Waals surface area contributed by atoms with Crippen LogP contribution >= 0.6 is 0 Å². The zero-order chi connectivity index (χ0) is 15.3. The Balaban J connectivity index is 2.00. The van der Waals surface area contributed by atoms with E-state index in [2.05, 4.69) is 61.4 Å². The molecule has 0 amide bonds. The lowest BCUT2D eigenvalue weighted by Gasteiger charge is -2.36. The molecule has 1 heterocycles.